The Balaban J connectivity index is 1.54. The average molecular weight is 501 g/mol. The van der Waals surface area contributed by atoms with E-state index in [1.54, 1.807) is 0 Å². The number of hydrogen-bond donors (Lipinski definition) is 2. The van der Waals surface area contributed by atoms with Crippen molar-refractivity contribution in [2.75, 3.05) is 11.1 Å². The molecule has 2 aliphatic rings. The van der Waals surface area contributed by atoms with Crippen LogP contribution in [0.4, 0.5) is 24.7 Å². The Kier molecular flexibility index (Phi) is 4.83. The SMILES string of the molecule is CC1(c2cc(Nc3ncnc4cc(C#N)cnc34)ccc2F)CS(=O)(=O)C2(CC(F)(F)C2)C(N)=N1. The highest BCUT2D eigenvalue weighted by Gasteiger charge is 2.68. The number of rotatable bonds is 3. The van der Waals surface area contributed by atoms with Crippen molar-refractivity contribution in [3.63, 3.8) is 0 Å². The van der Waals surface area contributed by atoms with Crippen LogP contribution in [0.1, 0.15) is 30.9 Å². The van der Waals surface area contributed by atoms with Crippen LogP contribution in [0.25, 0.3) is 11.0 Å². The van der Waals surface area contributed by atoms with Crippen molar-refractivity contribution in [1.29, 1.82) is 5.26 Å². The molecule has 35 heavy (non-hydrogen) atoms. The van der Waals surface area contributed by atoms with E-state index in [1.165, 1.54) is 37.6 Å². The molecule has 0 amide bonds. The highest BCUT2D eigenvalue weighted by molar-refractivity contribution is 7.93. The summed E-state index contributed by atoms with van der Waals surface area (Å²) in [6, 6.07) is 7.43. The number of sulfone groups is 1. The van der Waals surface area contributed by atoms with Crippen LogP contribution in [0.2, 0.25) is 0 Å². The van der Waals surface area contributed by atoms with Crippen molar-refractivity contribution in [3.05, 3.63) is 53.7 Å². The molecule has 0 bridgehead atoms. The zero-order valence-electron chi connectivity index (χ0n) is 18.3. The minimum atomic E-state index is -4.17. The number of anilines is 2. The number of nitrogens with one attached hydrogen (secondary N) is 1. The maximum atomic E-state index is 14.9. The van der Waals surface area contributed by atoms with E-state index in [0.29, 0.717) is 22.3 Å². The third kappa shape index (κ3) is 3.56. The molecule has 3 aromatic rings. The lowest BCUT2D eigenvalue weighted by molar-refractivity contribution is -0.0828. The molecule has 1 spiro atoms. The van der Waals surface area contributed by atoms with Crippen molar-refractivity contribution in [2.45, 2.75) is 36.0 Å². The molecule has 0 saturated heterocycles. The summed E-state index contributed by atoms with van der Waals surface area (Å²) in [6.07, 6.45) is 0.766. The molecule has 1 fully saturated rings. The summed E-state index contributed by atoms with van der Waals surface area (Å²) in [6.45, 7) is 1.40. The third-order valence-electron chi connectivity index (χ3n) is 6.40. The minimum Gasteiger partial charge on any atom is -0.386 e. The molecular formula is C22H18F3N7O2S. The van der Waals surface area contributed by atoms with Gasteiger partial charge in [-0.15, -0.1) is 0 Å². The molecular weight excluding hydrogens is 483 g/mol. The molecule has 0 radical (unpaired) electrons. The van der Waals surface area contributed by atoms with E-state index in [9.17, 15) is 21.6 Å². The Bertz CT molecular complexity index is 1560. The van der Waals surface area contributed by atoms with Gasteiger partial charge in [-0.25, -0.2) is 36.5 Å². The number of pyridine rings is 1. The van der Waals surface area contributed by atoms with E-state index in [2.05, 4.69) is 25.3 Å². The molecule has 9 nitrogen and oxygen atoms in total. The molecule has 1 unspecified atom stereocenters. The fourth-order valence-corrected chi connectivity index (χ4v) is 7.10. The van der Waals surface area contributed by atoms with Gasteiger partial charge in [0, 0.05) is 30.3 Å². The predicted octanol–water partition coefficient (Wildman–Crippen LogP) is 2.95. The molecule has 1 atom stereocenters. The quantitative estimate of drug-likeness (QED) is 0.557. The van der Waals surface area contributed by atoms with E-state index in [4.69, 9.17) is 11.0 Å². The third-order valence-corrected chi connectivity index (χ3v) is 9.03. The Hall–Kier alpha value is -3.79. The van der Waals surface area contributed by atoms with Gasteiger partial charge in [-0.05, 0) is 31.2 Å². The summed E-state index contributed by atoms with van der Waals surface area (Å²) < 4.78 is 66.4. The number of nitrogens with two attached hydrogens (primary N) is 1. The van der Waals surface area contributed by atoms with Gasteiger partial charge in [0.25, 0.3) is 5.92 Å². The summed E-state index contributed by atoms with van der Waals surface area (Å²) in [5.41, 5.74) is 5.66. The van der Waals surface area contributed by atoms with Crippen LogP contribution in [-0.4, -0.2) is 45.6 Å². The summed E-state index contributed by atoms with van der Waals surface area (Å²) in [7, 11) is -4.17. The molecule has 1 aliphatic carbocycles. The van der Waals surface area contributed by atoms with Crippen LogP contribution < -0.4 is 11.1 Å². The second kappa shape index (κ2) is 7.35. The van der Waals surface area contributed by atoms with Crippen molar-refractivity contribution in [3.8, 4) is 6.07 Å². The maximum absolute atomic E-state index is 14.9. The monoisotopic (exact) mass is 501 g/mol. The van der Waals surface area contributed by atoms with Crippen LogP contribution in [-0.2, 0) is 15.4 Å². The molecule has 1 aliphatic heterocycles. The lowest BCUT2D eigenvalue weighted by atomic mass is 9.78. The molecule has 180 valence electrons. The topological polar surface area (TPSA) is 147 Å². The number of amidine groups is 1. The smallest absolute Gasteiger partial charge is 0.252 e. The summed E-state index contributed by atoms with van der Waals surface area (Å²) in [4.78, 5) is 16.7. The van der Waals surface area contributed by atoms with Gasteiger partial charge in [0.15, 0.2) is 15.7 Å². The molecule has 2 aromatic heterocycles. The fraction of sp³-hybridized carbons (Fsp3) is 0.318. The number of hydrogen-bond acceptors (Lipinski definition) is 9. The number of aromatic nitrogens is 3. The minimum absolute atomic E-state index is 0.0759. The van der Waals surface area contributed by atoms with Gasteiger partial charge < -0.3 is 11.1 Å². The Morgan fingerprint density at radius 3 is 2.57 bits per heavy atom. The summed E-state index contributed by atoms with van der Waals surface area (Å²) in [5, 5.41) is 12.1. The molecule has 1 aromatic carbocycles. The summed E-state index contributed by atoms with van der Waals surface area (Å²) >= 11 is 0. The van der Waals surface area contributed by atoms with Crippen molar-refractivity contribution < 1.29 is 21.6 Å². The van der Waals surface area contributed by atoms with E-state index < -0.39 is 56.3 Å². The zero-order valence-corrected chi connectivity index (χ0v) is 19.1. The zero-order chi connectivity index (χ0) is 25.2. The van der Waals surface area contributed by atoms with E-state index in [-0.39, 0.29) is 11.4 Å². The Labute approximate surface area is 197 Å². The van der Waals surface area contributed by atoms with Gasteiger partial charge in [0.2, 0.25) is 0 Å². The standard InChI is InChI=1S/C22H18F3N7O2S/c1-20(10-35(33,34)21(19(27)32-20)8-22(24,25)9-21)14-5-13(2-3-15(14)23)31-18-17-16(29-11-30-18)4-12(6-26)7-28-17/h2-5,7,11H,8-10H2,1H3,(H2,27,32)(H,29,30,31). The Morgan fingerprint density at radius 2 is 1.91 bits per heavy atom. The van der Waals surface area contributed by atoms with Crippen LogP contribution in [0.15, 0.2) is 41.8 Å². The van der Waals surface area contributed by atoms with E-state index in [1.807, 2.05) is 6.07 Å². The van der Waals surface area contributed by atoms with E-state index in [0.717, 1.165) is 6.07 Å². The second-order valence-corrected chi connectivity index (χ2v) is 11.3. The van der Waals surface area contributed by atoms with Crippen molar-refractivity contribution in [1.82, 2.24) is 15.0 Å². The highest BCUT2D eigenvalue weighted by Crippen LogP contribution is 2.54. The first-order valence-corrected chi connectivity index (χ1v) is 12.1. The number of nitriles is 1. The van der Waals surface area contributed by atoms with Gasteiger partial charge in [-0.3, -0.25) is 4.99 Å². The average Bonchev–Trinajstić information content (AvgIpc) is 2.76. The molecule has 3 heterocycles. The molecule has 3 N–H and O–H groups in total. The maximum Gasteiger partial charge on any atom is 0.252 e. The summed E-state index contributed by atoms with van der Waals surface area (Å²) in [5.74, 6) is -4.71. The number of nitrogens with zero attached hydrogens (tertiary/aromatic N) is 5. The number of fused-ring (bicyclic) bond motifs is 1. The van der Waals surface area contributed by atoms with Gasteiger partial charge >= 0.3 is 0 Å². The van der Waals surface area contributed by atoms with Crippen LogP contribution in [0.5, 0.6) is 0 Å². The van der Waals surface area contributed by atoms with Gasteiger partial charge in [-0.1, -0.05) is 0 Å². The lowest BCUT2D eigenvalue weighted by Crippen LogP contribution is -2.68. The van der Waals surface area contributed by atoms with Gasteiger partial charge in [0.1, 0.15) is 39.9 Å². The lowest BCUT2D eigenvalue weighted by Gasteiger charge is -2.50. The van der Waals surface area contributed by atoms with Crippen LogP contribution in [0, 0.1) is 17.1 Å². The number of halogens is 3. The van der Waals surface area contributed by atoms with Crippen LogP contribution in [0.3, 0.4) is 0 Å². The normalized spacial score (nSPS) is 23.8. The molecule has 5 rings (SSSR count). The largest absolute Gasteiger partial charge is 0.386 e. The first kappa shape index (κ1) is 23.0. The number of aliphatic imine (C=N–C) groups is 1. The van der Waals surface area contributed by atoms with Gasteiger partial charge in [-0.2, -0.15) is 5.26 Å². The second-order valence-electron chi connectivity index (χ2n) is 8.98. The Morgan fingerprint density at radius 1 is 1.17 bits per heavy atom. The van der Waals surface area contributed by atoms with E-state index >= 15 is 0 Å². The van der Waals surface area contributed by atoms with Crippen LogP contribution >= 0.6 is 0 Å². The fourth-order valence-electron chi connectivity index (χ4n) is 4.64. The highest BCUT2D eigenvalue weighted by atomic mass is 32.2. The van der Waals surface area contributed by atoms with Crippen molar-refractivity contribution in [2.24, 2.45) is 10.7 Å². The van der Waals surface area contributed by atoms with Gasteiger partial charge in [0.05, 0.1) is 16.8 Å². The first-order chi connectivity index (χ1) is 16.4. The molecule has 1 saturated carbocycles. The first-order valence-electron chi connectivity index (χ1n) is 10.4. The van der Waals surface area contributed by atoms with Crippen molar-refractivity contribution >= 4 is 38.2 Å². The molecule has 13 heteroatoms. The number of benzene rings is 1. The predicted molar refractivity (Wildman–Crippen MR) is 121 cm³/mol. The number of alkyl halides is 2.